The number of para-hydroxylation sites is 2. The molecule has 0 aliphatic heterocycles. The summed E-state index contributed by atoms with van der Waals surface area (Å²) >= 11 is 3.22. The Labute approximate surface area is 119 Å². The standard InChI is InChI=1S/C14H12BrFN2O/c1-18(13-5-3-2-4-12(13)17)14(19)10-8-9(15)6-7-11(10)16/h2-8H,17H2,1H3. The monoisotopic (exact) mass is 322 g/mol. The third kappa shape index (κ3) is 2.76. The minimum Gasteiger partial charge on any atom is -0.397 e. The molecule has 0 aliphatic rings. The van der Waals surface area contributed by atoms with E-state index in [0.717, 1.165) is 0 Å². The predicted octanol–water partition coefficient (Wildman–Crippen LogP) is 3.45. The molecule has 2 rings (SSSR count). The van der Waals surface area contributed by atoms with E-state index in [1.807, 2.05) is 0 Å². The van der Waals surface area contributed by atoms with Gasteiger partial charge in [0.1, 0.15) is 5.82 Å². The topological polar surface area (TPSA) is 46.3 Å². The minimum atomic E-state index is -0.561. The second kappa shape index (κ2) is 5.40. The number of hydrogen-bond donors (Lipinski definition) is 1. The average Bonchev–Trinajstić information content (AvgIpc) is 2.40. The molecule has 0 heterocycles. The molecule has 0 fully saturated rings. The van der Waals surface area contributed by atoms with Crippen molar-refractivity contribution in [1.82, 2.24) is 0 Å². The molecule has 0 aliphatic carbocycles. The number of rotatable bonds is 2. The zero-order valence-corrected chi connectivity index (χ0v) is 11.8. The Hall–Kier alpha value is -1.88. The number of carbonyl (C=O) groups is 1. The minimum absolute atomic E-state index is 0.000119. The number of hydrogen-bond acceptors (Lipinski definition) is 2. The number of benzene rings is 2. The van der Waals surface area contributed by atoms with Crippen LogP contribution in [0.4, 0.5) is 15.8 Å². The highest BCUT2D eigenvalue weighted by Gasteiger charge is 2.19. The van der Waals surface area contributed by atoms with Crippen molar-refractivity contribution in [3.8, 4) is 0 Å². The summed E-state index contributed by atoms with van der Waals surface area (Å²) in [4.78, 5) is 13.6. The maximum Gasteiger partial charge on any atom is 0.261 e. The van der Waals surface area contributed by atoms with Gasteiger partial charge in [0, 0.05) is 11.5 Å². The molecule has 5 heteroatoms. The summed E-state index contributed by atoms with van der Waals surface area (Å²) < 4.78 is 14.3. The first-order valence-electron chi connectivity index (χ1n) is 5.58. The van der Waals surface area contributed by atoms with Gasteiger partial charge in [-0.25, -0.2) is 4.39 Å². The Morgan fingerprint density at radius 3 is 2.63 bits per heavy atom. The van der Waals surface area contributed by atoms with E-state index in [0.29, 0.717) is 15.8 Å². The second-order valence-electron chi connectivity index (χ2n) is 4.05. The highest BCUT2D eigenvalue weighted by atomic mass is 79.9. The number of nitrogens with two attached hydrogens (primary N) is 1. The van der Waals surface area contributed by atoms with E-state index < -0.39 is 11.7 Å². The lowest BCUT2D eigenvalue weighted by molar-refractivity contribution is 0.0989. The van der Waals surface area contributed by atoms with Crippen molar-refractivity contribution in [2.24, 2.45) is 0 Å². The van der Waals surface area contributed by atoms with Gasteiger partial charge >= 0.3 is 0 Å². The summed E-state index contributed by atoms with van der Waals surface area (Å²) in [6.45, 7) is 0. The van der Waals surface area contributed by atoms with Crippen LogP contribution in [0.3, 0.4) is 0 Å². The zero-order valence-electron chi connectivity index (χ0n) is 10.2. The Kier molecular flexibility index (Phi) is 3.85. The van der Waals surface area contributed by atoms with E-state index in [1.54, 1.807) is 37.4 Å². The van der Waals surface area contributed by atoms with Gasteiger partial charge in [-0.2, -0.15) is 0 Å². The molecule has 98 valence electrons. The van der Waals surface area contributed by atoms with Gasteiger partial charge in [-0.1, -0.05) is 28.1 Å². The van der Waals surface area contributed by atoms with Crippen molar-refractivity contribution in [3.63, 3.8) is 0 Å². The van der Waals surface area contributed by atoms with Gasteiger partial charge in [-0.05, 0) is 30.3 Å². The summed E-state index contributed by atoms with van der Waals surface area (Å²) in [7, 11) is 1.56. The van der Waals surface area contributed by atoms with Crippen LogP contribution in [-0.2, 0) is 0 Å². The van der Waals surface area contributed by atoms with Gasteiger partial charge in [-0.15, -0.1) is 0 Å². The van der Waals surface area contributed by atoms with Crippen molar-refractivity contribution >= 4 is 33.2 Å². The normalized spacial score (nSPS) is 10.3. The van der Waals surface area contributed by atoms with Gasteiger partial charge in [-0.3, -0.25) is 4.79 Å². The lowest BCUT2D eigenvalue weighted by Gasteiger charge is -2.19. The summed E-state index contributed by atoms with van der Waals surface area (Å²) in [5.74, 6) is -1.01. The molecule has 0 spiro atoms. The quantitative estimate of drug-likeness (QED) is 0.861. The van der Waals surface area contributed by atoms with Crippen LogP contribution in [0, 0.1) is 5.82 Å². The lowest BCUT2D eigenvalue weighted by Crippen LogP contribution is -2.27. The number of nitrogens with zero attached hydrogens (tertiary/aromatic N) is 1. The molecule has 2 N–H and O–H groups in total. The molecule has 1 amide bonds. The molecule has 0 saturated carbocycles. The molecule has 19 heavy (non-hydrogen) atoms. The Balaban J connectivity index is 2.39. The first-order valence-corrected chi connectivity index (χ1v) is 6.37. The largest absolute Gasteiger partial charge is 0.397 e. The molecule has 0 aromatic heterocycles. The maximum absolute atomic E-state index is 13.7. The van der Waals surface area contributed by atoms with E-state index in [9.17, 15) is 9.18 Å². The van der Waals surface area contributed by atoms with Crippen LogP contribution < -0.4 is 10.6 Å². The first-order chi connectivity index (χ1) is 9.00. The SMILES string of the molecule is CN(C(=O)c1cc(Br)ccc1F)c1ccccc1N. The molecule has 0 unspecified atom stereocenters. The summed E-state index contributed by atoms with van der Waals surface area (Å²) in [6, 6.07) is 11.2. The van der Waals surface area contributed by atoms with Crippen LogP contribution in [-0.4, -0.2) is 13.0 Å². The molecule has 0 bridgehead atoms. The molecule has 0 atom stereocenters. The first kappa shape index (κ1) is 13.5. The van der Waals surface area contributed by atoms with Crippen molar-refractivity contribution in [2.75, 3.05) is 17.7 Å². The number of nitrogen functional groups attached to an aromatic ring is 1. The molecule has 2 aromatic rings. The fourth-order valence-electron chi connectivity index (χ4n) is 1.74. The van der Waals surface area contributed by atoms with Crippen molar-refractivity contribution in [1.29, 1.82) is 0 Å². The average molecular weight is 323 g/mol. The molecule has 0 saturated heterocycles. The third-order valence-corrected chi connectivity index (χ3v) is 3.25. The lowest BCUT2D eigenvalue weighted by atomic mass is 10.1. The van der Waals surface area contributed by atoms with Crippen molar-refractivity contribution in [3.05, 3.63) is 58.3 Å². The van der Waals surface area contributed by atoms with E-state index in [2.05, 4.69) is 15.9 Å². The van der Waals surface area contributed by atoms with Crippen LogP contribution in [0.1, 0.15) is 10.4 Å². The van der Waals surface area contributed by atoms with E-state index in [-0.39, 0.29) is 5.56 Å². The zero-order chi connectivity index (χ0) is 14.0. The summed E-state index contributed by atoms with van der Waals surface area (Å²) in [6.07, 6.45) is 0. The van der Waals surface area contributed by atoms with E-state index >= 15 is 0 Å². The highest BCUT2D eigenvalue weighted by molar-refractivity contribution is 9.10. The van der Waals surface area contributed by atoms with Crippen LogP contribution in [0.2, 0.25) is 0 Å². The maximum atomic E-state index is 13.7. The van der Waals surface area contributed by atoms with Crippen LogP contribution in [0.25, 0.3) is 0 Å². The number of carbonyl (C=O) groups excluding carboxylic acids is 1. The van der Waals surface area contributed by atoms with Gasteiger partial charge < -0.3 is 10.6 Å². The van der Waals surface area contributed by atoms with Gasteiger partial charge in [0.25, 0.3) is 5.91 Å². The fraction of sp³-hybridized carbons (Fsp3) is 0.0714. The summed E-state index contributed by atoms with van der Waals surface area (Å²) in [5, 5.41) is 0. The number of amides is 1. The van der Waals surface area contributed by atoms with Crippen LogP contribution in [0.5, 0.6) is 0 Å². The van der Waals surface area contributed by atoms with Gasteiger partial charge in [0.05, 0.1) is 16.9 Å². The number of halogens is 2. The smallest absolute Gasteiger partial charge is 0.261 e. The molecule has 0 radical (unpaired) electrons. The Morgan fingerprint density at radius 1 is 1.26 bits per heavy atom. The van der Waals surface area contributed by atoms with Gasteiger partial charge in [0.15, 0.2) is 0 Å². The van der Waals surface area contributed by atoms with E-state index in [4.69, 9.17) is 5.73 Å². The summed E-state index contributed by atoms with van der Waals surface area (Å²) in [5.41, 5.74) is 6.82. The predicted molar refractivity (Wildman–Crippen MR) is 77.7 cm³/mol. The van der Waals surface area contributed by atoms with Gasteiger partial charge in [0.2, 0.25) is 0 Å². The molecule has 2 aromatic carbocycles. The van der Waals surface area contributed by atoms with Crippen LogP contribution >= 0.6 is 15.9 Å². The Bertz CT molecular complexity index is 631. The fourth-order valence-corrected chi connectivity index (χ4v) is 2.11. The Morgan fingerprint density at radius 2 is 1.95 bits per heavy atom. The number of anilines is 2. The second-order valence-corrected chi connectivity index (χ2v) is 4.96. The van der Waals surface area contributed by atoms with E-state index in [1.165, 1.54) is 17.0 Å². The van der Waals surface area contributed by atoms with Crippen molar-refractivity contribution in [2.45, 2.75) is 0 Å². The van der Waals surface area contributed by atoms with Crippen LogP contribution in [0.15, 0.2) is 46.9 Å². The third-order valence-electron chi connectivity index (χ3n) is 2.76. The molecular formula is C14H12BrFN2O. The molecular weight excluding hydrogens is 311 g/mol. The van der Waals surface area contributed by atoms with Crippen molar-refractivity contribution < 1.29 is 9.18 Å². The molecule has 3 nitrogen and oxygen atoms in total. The highest BCUT2D eigenvalue weighted by Crippen LogP contribution is 2.24.